The second-order valence-electron chi connectivity index (χ2n) is 2.52. The van der Waals surface area contributed by atoms with Crippen molar-refractivity contribution in [1.82, 2.24) is 5.32 Å². The quantitative estimate of drug-likeness (QED) is 0.628. The maximum absolute atomic E-state index is 12.2. The second-order valence-corrected chi connectivity index (χ2v) is 2.52. The molecule has 0 aromatic carbocycles. The van der Waals surface area contributed by atoms with Crippen molar-refractivity contribution < 1.29 is 22.7 Å². The molecule has 0 spiro atoms. The van der Waals surface area contributed by atoms with Crippen molar-refractivity contribution in [3.8, 4) is 0 Å². The summed E-state index contributed by atoms with van der Waals surface area (Å²) < 4.78 is 47.9. The highest BCUT2D eigenvalue weighted by Gasteiger charge is 2.29. The van der Waals surface area contributed by atoms with Crippen LogP contribution in [-0.4, -0.2) is 36.6 Å². The molecule has 0 aromatic heterocycles. The van der Waals surface area contributed by atoms with Gasteiger partial charge in [0.05, 0.1) is 12.6 Å². The Labute approximate surface area is 67.6 Å². The van der Waals surface area contributed by atoms with E-state index in [4.69, 9.17) is 5.11 Å². The monoisotopic (exact) mass is 189 g/mol. The first-order chi connectivity index (χ1) is 5.39. The molecule has 0 bridgehead atoms. The van der Waals surface area contributed by atoms with E-state index in [1.807, 2.05) is 5.32 Å². The number of halogens is 4. The van der Waals surface area contributed by atoms with E-state index in [1.54, 1.807) is 0 Å². The molecule has 0 amide bonds. The van der Waals surface area contributed by atoms with Gasteiger partial charge in [0.15, 0.2) is 0 Å². The molecular weight excluding hydrogens is 178 g/mol. The Morgan fingerprint density at radius 1 is 1.42 bits per heavy atom. The van der Waals surface area contributed by atoms with Crippen LogP contribution in [0.15, 0.2) is 0 Å². The van der Waals surface area contributed by atoms with Crippen LogP contribution in [0.5, 0.6) is 0 Å². The summed E-state index contributed by atoms with van der Waals surface area (Å²) in [6.45, 7) is -1.18. The second kappa shape index (κ2) is 4.61. The number of hydrogen-bond acceptors (Lipinski definition) is 2. The molecule has 6 heteroatoms. The highest BCUT2D eigenvalue weighted by molar-refractivity contribution is 4.72. The van der Waals surface area contributed by atoms with Crippen LogP contribution in [0.25, 0.3) is 0 Å². The van der Waals surface area contributed by atoms with Crippen molar-refractivity contribution in [3.63, 3.8) is 0 Å². The number of nitrogens with one attached hydrogen (secondary N) is 1. The molecule has 12 heavy (non-hydrogen) atoms. The maximum Gasteiger partial charge on any atom is 0.282 e. The van der Waals surface area contributed by atoms with Gasteiger partial charge in [-0.2, -0.15) is 0 Å². The highest BCUT2D eigenvalue weighted by Crippen LogP contribution is 2.11. The van der Waals surface area contributed by atoms with E-state index in [0.717, 1.165) is 6.92 Å². The van der Waals surface area contributed by atoms with Crippen LogP contribution < -0.4 is 5.32 Å². The lowest BCUT2D eigenvalue weighted by atomic mass is 10.3. The summed E-state index contributed by atoms with van der Waals surface area (Å²) in [6, 6.07) is -1.29. The minimum absolute atomic E-state index is 0.936. The maximum atomic E-state index is 12.2. The molecule has 1 unspecified atom stereocenters. The van der Waals surface area contributed by atoms with E-state index < -0.39 is 31.5 Å². The van der Waals surface area contributed by atoms with Crippen molar-refractivity contribution in [2.75, 3.05) is 13.2 Å². The standard InChI is InChI=1S/C6H11F4NO/c1-4(5(7)8)11-2-6(9,10)3-12/h4-5,11-12H,2-3H2,1H3. The van der Waals surface area contributed by atoms with Crippen LogP contribution in [0, 0.1) is 0 Å². The van der Waals surface area contributed by atoms with Gasteiger partial charge in [0.25, 0.3) is 12.3 Å². The third-order valence-electron chi connectivity index (χ3n) is 1.29. The Morgan fingerprint density at radius 3 is 2.25 bits per heavy atom. The molecule has 0 fully saturated rings. The summed E-state index contributed by atoms with van der Waals surface area (Å²) in [7, 11) is 0. The molecule has 0 saturated carbocycles. The van der Waals surface area contributed by atoms with Crippen LogP contribution in [0.1, 0.15) is 6.92 Å². The van der Waals surface area contributed by atoms with Gasteiger partial charge < -0.3 is 10.4 Å². The minimum atomic E-state index is -3.33. The Morgan fingerprint density at radius 2 is 1.92 bits per heavy atom. The van der Waals surface area contributed by atoms with Crippen LogP contribution in [-0.2, 0) is 0 Å². The third-order valence-corrected chi connectivity index (χ3v) is 1.29. The van der Waals surface area contributed by atoms with Gasteiger partial charge in [-0.25, -0.2) is 17.6 Å². The lowest BCUT2D eigenvalue weighted by Gasteiger charge is -2.17. The Kier molecular flexibility index (Phi) is 4.47. The zero-order valence-corrected chi connectivity index (χ0v) is 6.53. The molecule has 74 valence electrons. The van der Waals surface area contributed by atoms with E-state index >= 15 is 0 Å². The zero-order chi connectivity index (χ0) is 9.78. The van der Waals surface area contributed by atoms with Crippen molar-refractivity contribution in [3.05, 3.63) is 0 Å². The molecule has 2 nitrogen and oxygen atoms in total. The largest absolute Gasteiger partial charge is 0.390 e. The molecule has 0 saturated heterocycles. The van der Waals surface area contributed by atoms with E-state index in [1.165, 1.54) is 0 Å². The Bertz CT molecular complexity index is 131. The molecule has 0 rings (SSSR count). The summed E-state index contributed by atoms with van der Waals surface area (Å²) in [6.07, 6.45) is -2.68. The van der Waals surface area contributed by atoms with Gasteiger partial charge >= 0.3 is 0 Å². The van der Waals surface area contributed by atoms with E-state index in [0.29, 0.717) is 0 Å². The lowest BCUT2D eigenvalue weighted by molar-refractivity contribution is -0.0526. The fourth-order valence-corrected chi connectivity index (χ4v) is 0.455. The van der Waals surface area contributed by atoms with Gasteiger partial charge in [0, 0.05) is 0 Å². The minimum Gasteiger partial charge on any atom is -0.390 e. The van der Waals surface area contributed by atoms with Crippen molar-refractivity contribution in [2.24, 2.45) is 0 Å². The van der Waals surface area contributed by atoms with E-state index in [9.17, 15) is 17.6 Å². The average Bonchev–Trinajstić information content (AvgIpc) is 2.00. The normalized spacial score (nSPS) is 15.2. The number of rotatable bonds is 5. The van der Waals surface area contributed by atoms with Gasteiger partial charge in [-0.3, -0.25) is 0 Å². The first-order valence-electron chi connectivity index (χ1n) is 3.39. The number of hydrogen-bond donors (Lipinski definition) is 2. The third kappa shape index (κ3) is 4.50. The summed E-state index contributed by atoms with van der Waals surface area (Å²) in [4.78, 5) is 0. The first-order valence-corrected chi connectivity index (χ1v) is 3.39. The summed E-state index contributed by atoms with van der Waals surface area (Å²) >= 11 is 0. The molecular formula is C6H11F4NO. The van der Waals surface area contributed by atoms with Gasteiger partial charge in [-0.05, 0) is 6.92 Å². The molecule has 0 radical (unpaired) electrons. The van der Waals surface area contributed by atoms with Gasteiger partial charge in [0.2, 0.25) is 0 Å². The van der Waals surface area contributed by atoms with E-state index in [-0.39, 0.29) is 0 Å². The first kappa shape index (κ1) is 11.6. The number of aliphatic hydroxyl groups excluding tert-OH is 1. The predicted molar refractivity (Wildman–Crippen MR) is 35.5 cm³/mol. The van der Waals surface area contributed by atoms with Crippen molar-refractivity contribution >= 4 is 0 Å². The topological polar surface area (TPSA) is 32.3 Å². The van der Waals surface area contributed by atoms with Crippen LogP contribution in [0.3, 0.4) is 0 Å². The summed E-state index contributed by atoms with van der Waals surface area (Å²) in [5.74, 6) is -3.33. The molecule has 0 aliphatic carbocycles. The summed E-state index contributed by atoms with van der Waals surface area (Å²) in [5.41, 5.74) is 0. The molecule has 0 heterocycles. The molecule has 2 N–H and O–H groups in total. The fourth-order valence-electron chi connectivity index (χ4n) is 0.455. The predicted octanol–water partition coefficient (Wildman–Crippen LogP) is 0.857. The molecule has 0 aromatic rings. The number of alkyl halides is 4. The van der Waals surface area contributed by atoms with Gasteiger partial charge in [0.1, 0.15) is 6.61 Å². The molecule has 0 aliphatic rings. The molecule has 0 aliphatic heterocycles. The van der Waals surface area contributed by atoms with Crippen LogP contribution in [0.4, 0.5) is 17.6 Å². The summed E-state index contributed by atoms with van der Waals surface area (Å²) in [5, 5.41) is 9.98. The van der Waals surface area contributed by atoms with E-state index in [2.05, 4.69) is 0 Å². The van der Waals surface area contributed by atoms with Crippen molar-refractivity contribution in [1.29, 1.82) is 0 Å². The molecule has 1 atom stereocenters. The Balaban J connectivity index is 3.67. The highest BCUT2D eigenvalue weighted by atomic mass is 19.3. The average molecular weight is 189 g/mol. The smallest absolute Gasteiger partial charge is 0.282 e. The lowest BCUT2D eigenvalue weighted by Crippen LogP contribution is -2.42. The van der Waals surface area contributed by atoms with Gasteiger partial charge in [-0.15, -0.1) is 0 Å². The Hall–Kier alpha value is -0.360. The van der Waals surface area contributed by atoms with Crippen LogP contribution >= 0.6 is 0 Å². The van der Waals surface area contributed by atoms with Crippen LogP contribution in [0.2, 0.25) is 0 Å². The van der Waals surface area contributed by atoms with Crippen molar-refractivity contribution in [2.45, 2.75) is 25.3 Å². The fraction of sp³-hybridized carbons (Fsp3) is 1.00. The number of aliphatic hydroxyl groups is 1. The zero-order valence-electron chi connectivity index (χ0n) is 6.53. The SMILES string of the molecule is CC(NCC(F)(F)CO)C(F)F. The van der Waals surface area contributed by atoms with Gasteiger partial charge in [-0.1, -0.05) is 0 Å².